The van der Waals surface area contributed by atoms with Crippen LogP contribution in [-0.2, 0) is 0 Å². The van der Waals surface area contributed by atoms with E-state index in [4.69, 9.17) is 0 Å². The number of nitrogens with one attached hydrogen (secondary N) is 1. The molecule has 0 radical (unpaired) electrons. The lowest BCUT2D eigenvalue weighted by Crippen LogP contribution is -2.21. The van der Waals surface area contributed by atoms with E-state index in [-0.39, 0.29) is 0 Å². The van der Waals surface area contributed by atoms with E-state index >= 15 is 0 Å². The van der Waals surface area contributed by atoms with Gasteiger partial charge in [0.25, 0.3) is 0 Å². The lowest BCUT2D eigenvalue weighted by Gasteiger charge is -2.17. The van der Waals surface area contributed by atoms with Gasteiger partial charge in [0.05, 0.1) is 0 Å². The van der Waals surface area contributed by atoms with Crippen LogP contribution in [0.4, 0.5) is 0 Å². The number of nitrogens with zero attached hydrogens (tertiary/aromatic N) is 2. The highest BCUT2D eigenvalue weighted by atomic mass is 14.9. The minimum atomic E-state index is 0.445. The van der Waals surface area contributed by atoms with Gasteiger partial charge in [-0.3, -0.25) is 0 Å². The monoisotopic (exact) mass is 255 g/mol. The van der Waals surface area contributed by atoms with Crippen LogP contribution in [0, 0.1) is 0 Å². The maximum absolute atomic E-state index is 4.05. The first-order valence-corrected chi connectivity index (χ1v) is 6.93. The van der Waals surface area contributed by atoms with Gasteiger partial charge in [-0.15, -0.1) is 0 Å². The van der Waals surface area contributed by atoms with E-state index < -0.39 is 0 Å². The van der Waals surface area contributed by atoms with E-state index in [0.29, 0.717) is 6.04 Å². The molecule has 3 heteroatoms. The molecule has 1 heterocycles. The van der Waals surface area contributed by atoms with E-state index in [1.54, 1.807) is 6.33 Å². The van der Waals surface area contributed by atoms with Crippen LogP contribution < -0.4 is 5.32 Å². The van der Waals surface area contributed by atoms with Gasteiger partial charge in [-0.05, 0) is 30.5 Å². The summed E-state index contributed by atoms with van der Waals surface area (Å²) in [6.07, 6.45) is 7.51. The van der Waals surface area contributed by atoms with E-state index in [0.717, 1.165) is 30.5 Å². The smallest absolute Gasteiger partial charge is 0.115 e. The van der Waals surface area contributed by atoms with Gasteiger partial charge in [-0.25, -0.2) is 9.97 Å². The largest absolute Gasteiger partial charge is 0.310 e. The molecule has 0 aliphatic heterocycles. The quantitative estimate of drug-likeness (QED) is 0.857. The van der Waals surface area contributed by atoms with Crippen LogP contribution in [0.1, 0.15) is 38.3 Å². The van der Waals surface area contributed by atoms with E-state index in [2.05, 4.69) is 53.4 Å². The molecular formula is C16H21N3. The first-order chi connectivity index (χ1) is 9.35. The summed E-state index contributed by atoms with van der Waals surface area (Å²) < 4.78 is 0. The normalized spacial score (nSPS) is 12.3. The van der Waals surface area contributed by atoms with Crippen LogP contribution in [0.5, 0.6) is 0 Å². The van der Waals surface area contributed by atoms with Crippen molar-refractivity contribution in [2.24, 2.45) is 0 Å². The van der Waals surface area contributed by atoms with E-state index in [1.165, 1.54) is 5.56 Å². The Labute approximate surface area is 115 Å². The van der Waals surface area contributed by atoms with Crippen molar-refractivity contribution in [3.05, 3.63) is 48.5 Å². The summed E-state index contributed by atoms with van der Waals surface area (Å²) in [5.74, 6) is 0. The molecule has 100 valence electrons. The SMILES string of the molecule is CCCNC(CC)c1ccc(-c2cncnc2)cc1. The zero-order valence-corrected chi connectivity index (χ0v) is 11.6. The zero-order chi connectivity index (χ0) is 13.5. The molecule has 1 N–H and O–H groups in total. The summed E-state index contributed by atoms with van der Waals surface area (Å²) in [7, 11) is 0. The summed E-state index contributed by atoms with van der Waals surface area (Å²) in [5, 5.41) is 3.57. The molecule has 1 unspecified atom stereocenters. The molecule has 0 bridgehead atoms. The van der Waals surface area contributed by atoms with Crippen molar-refractivity contribution in [2.75, 3.05) is 6.54 Å². The summed E-state index contributed by atoms with van der Waals surface area (Å²) in [6.45, 7) is 5.47. The van der Waals surface area contributed by atoms with Crippen molar-refractivity contribution in [3.63, 3.8) is 0 Å². The molecular weight excluding hydrogens is 234 g/mol. The Morgan fingerprint density at radius 1 is 1.00 bits per heavy atom. The van der Waals surface area contributed by atoms with Crippen molar-refractivity contribution in [2.45, 2.75) is 32.7 Å². The van der Waals surface area contributed by atoms with Gasteiger partial charge in [0, 0.05) is 24.0 Å². The van der Waals surface area contributed by atoms with Crippen LogP contribution in [0.3, 0.4) is 0 Å². The predicted octanol–water partition coefficient (Wildman–Crippen LogP) is 3.59. The molecule has 1 aromatic carbocycles. The Hall–Kier alpha value is -1.74. The standard InChI is InChI=1S/C16H21N3/c1-3-9-19-16(4-2)14-7-5-13(6-8-14)15-10-17-12-18-11-15/h5-8,10-12,16,19H,3-4,9H2,1-2H3. The van der Waals surface area contributed by atoms with Gasteiger partial charge in [0.1, 0.15) is 6.33 Å². The number of hydrogen-bond donors (Lipinski definition) is 1. The summed E-state index contributed by atoms with van der Waals surface area (Å²) >= 11 is 0. The molecule has 0 amide bonds. The number of aromatic nitrogens is 2. The Balaban J connectivity index is 2.13. The van der Waals surface area contributed by atoms with E-state index in [1.807, 2.05) is 12.4 Å². The van der Waals surface area contributed by atoms with Crippen molar-refractivity contribution in [1.82, 2.24) is 15.3 Å². The summed E-state index contributed by atoms with van der Waals surface area (Å²) in [5.41, 5.74) is 3.56. The van der Waals surface area contributed by atoms with Crippen LogP contribution in [0.15, 0.2) is 43.0 Å². The molecule has 0 saturated heterocycles. The highest BCUT2D eigenvalue weighted by Crippen LogP contribution is 2.22. The fraction of sp³-hybridized carbons (Fsp3) is 0.375. The fourth-order valence-corrected chi connectivity index (χ4v) is 2.17. The van der Waals surface area contributed by atoms with Crippen LogP contribution >= 0.6 is 0 Å². The highest BCUT2D eigenvalue weighted by molar-refractivity contribution is 5.61. The maximum Gasteiger partial charge on any atom is 0.115 e. The van der Waals surface area contributed by atoms with Gasteiger partial charge in [0.15, 0.2) is 0 Å². The van der Waals surface area contributed by atoms with Crippen molar-refractivity contribution in [1.29, 1.82) is 0 Å². The molecule has 1 atom stereocenters. The Morgan fingerprint density at radius 2 is 1.68 bits per heavy atom. The maximum atomic E-state index is 4.05. The second kappa shape index (κ2) is 7.00. The third-order valence-corrected chi connectivity index (χ3v) is 3.26. The molecule has 1 aromatic heterocycles. The first-order valence-electron chi connectivity index (χ1n) is 6.93. The van der Waals surface area contributed by atoms with Crippen LogP contribution in [0.2, 0.25) is 0 Å². The first kappa shape index (κ1) is 13.7. The number of hydrogen-bond acceptors (Lipinski definition) is 3. The average molecular weight is 255 g/mol. The molecule has 0 saturated carbocycles. The molecule has 0 aliphatic rings. The molecule has 19 heavy (non-hydrogen) atoms. The second-order valence-electron chi connectivity index (χ2n) is 4.66. The van der Waals surface area contributed by atoms with Gasteiger partial charge in [-0.2, -0.15) is 0 Å². The fourth-order valence-electron chi connectivity index (χ4n) is 2.17. The Kier molecular flexibility index (Phi) is 5.04. The molecule has 0 aliphatic carbocycles. The number of benzene rings is 1. The van der Waals surface area contributed by atoms with Gasteiger partial charge >= 0.3 is 0 Å². The Bertz CT molecular complexity index is 479. The zero-order valence-electron chi connectivity index (χ0n) is 11.6. The second-order valence-corrected chi connectivity index (χ2v) is 4.66. The average Bonchev–Trinajstić information content (AvgIpc) is 2.49. The van der Waals surface area contributed by atoms with Gasteiger partial charge in [-0.1, -0.05) is 38.1 Å². The Morgan fingerprint density at radius 3 is 2.26 bits per heavy atom. The highest BCUT2D eigenvalue weighted by Gasteiger charge is 2.08. The lowest BCUT2D eigenvalue weighted by atomic mass is 10.0. The van der Waals surface area contributed by atoms with Crippen LogP contribution in [-0.4, -0.2) is 16.5 Å². The van der Waals surface area contributed by atoms with Gasteiger partial charge < -0.3 is 5.32 Å². The number of rotatable bonds is 6. The molecule has 0 fully saturated rings. The molecule has 2 rings (SSSR count). The molecule has 2 aromatic rings. The van der Waals surface area contributed by atoms with E-state index in [9.17, 15) is 0 Å². The lowest BCUT2D eigenvalue weighted by molar-refractivity contribution is 0.518. The minimum Gasteiger partial charge on any atom is -0.310 e. The minimum absolute atomic E-state index is 0.445. The topological polar surface area (TPSA) is 37.8 Å². The molecule has 3 nitrogen and oxygen atoms in total. The van der Waals surface area contributed by atoms with Gasteiger partial charge in [0.2, 0.25) is 0 Å². The third kappa shape index (κ3) is 3.61. The summed E-state index contributed by atoms with van der Waals surface area (Å²) in [6, 6.07) is 9.12. The summed E-state index contributed by atoms with van der Waals surface area (Å²) in [4.78, 5) is 8.10. The van der Waals surface area contributed by atoms with Crippen molar-refractivity contribution >= 4 is 0 Å². The molecule has 0 spiro atoms. The predicted molar refractivity (Wildman–Crippen MR) is 78.8 cm³/mol. The third-order valence-electron chi connectivity index (χ3n) is 3.26. The van der Waals surface area contributed by atoms with Crippen molar-refractivity contribution in [3.8, 4) is 11.1 Å². The van der Waals surface area contributed by atoms with Crippen molar-refractivity contribution < 1.29 is 0 Å². The van der Waals surface area contributed by atoms with Crippen LogP contribution in [0.25, 0.3) is 11.1 Å².